The number of ether oxygens (including phenoxy) is 2. The molecule has 1 aliphatic heterocycles. The fourth-order valence-corrected chi connectivity index (χ4v) is 2.87. The van der Waals surface area contributed by atoms with Crippen molar-refractivity contribution >= 4 is 23.1 Å². The number of methoxy groups -OCH3 is 2. The molecule has 2 heterocycles. The van der Waals surface area contributed by atoms with Crippen LogP contribution in [0.1, 0.15) is 24.2 Å². The molecule has 6 nitrogen and oxygen atoms in total. The number of pyridine rings is 1. The van der Waals surface area contributed by atoms with E-state index in [2.05, 4.69) is 10.3 Å². The SMILES string of the molecule is COCC(OC)c1ccc2c(c1)N(C(C)=O)Cc1cccnc1N2. The Morgan fingerprint density at radius 1 is 1.38 bits per heavy atom. The number of nitrogens with zero attached hydrogens (tertiary/aromatic N) is 2. The van der Waals surface area contributed by atoms with Gasteiger partial charge in [0.2, 0.25) is 5.91 Å². The quantitative estimate of drug-likeness (QED) is 0.935. The lowest BCUT2D eigenvalue weighted by Gasteiger charge is -2.23. The van der Waals surface area contributed by atoms with Crippen LogP contribution in [-0.4, -0.2) is 31.7 Å². The lowest BCUT2D eigenvalue weighted by Crippen LogP contribution is -2.27. The molecule has 2 aromatic rings. The highest BCUT2D eigenvalue weighted by molar-refractivity contribution is 5.97. The maximum absolute atomic E-state index is 12.2. The maximum atomic E-state index is 12.2. The van der Waals surface area contributed by atoms with Crippen molar-refractivity contribution < 1.29 is 14.3 Å². The third kappa shape index (κ3) is 3.11. The van der Waals surface area contributed by atoms with Crippen molar-refractivity contribution in [2.24, 2.45) is 0 Å². The summed E-state index contributed by atoms with van der Waals surface area (Å²) in [6.45, 7) is 2.50. The van der Waals surface area contributed by atoms with Crippen molar-refractivity contribution in [2.75, 3.05) is 31.0 Å². The lowest BCUT2D eigenvalue weighted by molar-refractivity contribution is -0.116. The second-order valence-electron chi connectivity index (χ2n) is 5.70. The van der Waals surface area contributed by atoms with Crippen LogP contribution in [0.4, 0.5) is 17.2 Å². The fraction of sp³-hybridized carbons (Fsp3) is 0.333. The van der Waals surface area contributed by atoms with Gasteiger partial charge in [0.05, 0.1) is 24.5 Å². The first-order valence-corrected chi connectivity index (χ1v) is 7.78. The molecule has 6 heteroatoms. The summed E-state index contributed by atoms with van der Waals surface area (Å²) in [4.78, 5) is 18.4. The Morgan fingerprint density at radius 2 is 2.21 bits per heavy atom. The van der Waals surface area contributed by atoms with E-state index in [9.17, 15) is 4.79 Å². The Hall–Kier alpha value is -2.44. The highest BCUT2D eigenvalue weighted by Gasteiger charge is 2.24. The second kappa shape index (κ2) is 6.98. The summed E-state index contributed by atoms with van der Waals surface area (Å²) in [5.41, 5.74) is 3.60. The Kier molecular flexibility index (Phi) is 4.78. The first-order chi connectivity index (χ1) is 11.6. The number of hydrogen-bond donors (Lipinski definition) is 1. The zero-order valence-electron chi connectivity index (χ0n) is 14.1. The number of anilines is 3. The number of nitrogens with one attached hydrogen (secondary N) is 1. The summed E-state index contributed by atoms with van der Waals surface area (Å²) in [6, 6.07) is 9.75. The summed E-state index contributed by atoms with van der Waals surface area (Å²) >= 11 is 0. The van der Waals surface area contributed by atoms with Crippen LogP contribution in [0, 0.1) is 0 Å². The monoisotopic (exact) mass is 327 g/mol. The van der Waals surface area contributed by atoms with Crippen molar-refractivity contribution in [1.82, 2.24) is 4.98 Å². The molecule has 24 heavy (non-hydrogen) atoms. The third-order valence-corrected chi connectivity index (χ3v) is 4.14. The van der Waals surface area contributed by atoms with Crippen molar-refractivity contribution in [2.45, 2.75) is 19.6 Å². The molecule has 1 N–H and O–H groups in total. The molecule has 0 spiro atoms. The molecular weight excluding hydrogens is 306 g/mol. The van der Waals surface area contributed by atoms with Gasteiger partial charge in [-0.2, -0.15) is 0 Å². The van der Waals surface area contributed by atoms with Gasteiger partial charge in [0.25, 0.3) is 0 Å². The number of aromatic nitrogens is 1. The van der Waals surface area contributed by atoms with E-state index in [-0.39, 0.29) is 12.0 Å². The number of rotatable bonds is 4. The highest BCUT2D eigenvalue weighted by Crippen LogP contribution is 2.37. The van der Waals surface area contributed by atoms with E-state index in [0.29, 0.717) is 13.2 Å². The van der Waals surface area contributed by atoms with Gasteiger partial charge in [-0.05, 0) is 23.8 Å². The van der Waals surface area contributed by atoms with Crippen LogP contribution in [0.25, 0.3) is 0 Å². The molecule has 0 radical (unpaired) electrons. The lowest BCUT2D eigenvalue weighted by atomic mass is 10.1. The van der Waals surface area contributed by atoms with E-state index in [1.807, 2.05) is 30.3 Å². The van der Waals surface area contributed by atoms with Crippen LogP contribution in [0.15, 0.2) is 36.5 Å². The van der Waals surface area contributed by atoms with Gasteiger partial charge < -0.3 is 19.7 Å². The number of carbonyl (C=O) groups is 1. The van der Waals surface area contributed by atoms with Gasteiger partial charge in [0, 0.05) is 32.9 Å². The van der Waals surface area contributed by atoms with Crippen LogP contribution in [0.2, 0.25) is 0 Å². The molecular formula is C18H21N3O3. The van der Waals surface area contributed by atoms with Crippen LogP contribution < -0.4 is 10.2 Å². The summed E-state index contributed by atoms with van der Waals surface area (Å²) in [5, 5.41) is 3.33. The first kappa shape index (κ1) is 16.4. The Labute approximate surface area is 141 Å². The van der Waals surface area contributed by atoms with Crippen LogP contribution in [0.3, 0.4) is 0 Å². The van der Waals surface area contributed by atoms with Crippen molar-refractivity contribution in [3.05, 3.63) is 47.7 Å². The predicted octanol–water partition coefficient (Wildman–Crippen LogP) is 3.03. The number of amides is 1. The van der Waals surface area contributed by atoms with E-state index in [4.69, 9.17) is 9.47 Å². The molecule has 0 saturated heterocycles. The van der Waals surface area contributed by atoms with Gasteiger partial charge in [-0.3, -0.25) is 4.79 Å². The van der Waals surface area contributed by atoms with Gasteiger partial charge in [-0.15, -0.1) is 0 Å². The molecule has 1 aromatic heterocycles. The van der Waals surface area contributed by atoms with Crippen molar-refractivity contribution in [3.63, 3.8) is 0 Å². The molecule has 0 fully saturated rings. The van der Waals surface area contributed by atoms with Crippen molar-refractivity contribution in [1.29, 1.82) is 0 Å². The molecule has 126 valence electrons. The van der Waals surface area contributed by atoms with E-state index in [1.165, 1.54) is 0 Å². The third-order valence-electron chi connectivity index (χ3n) is 4.14. The van der Waals surface area contributed by atoms with E-state index in [1.54, 1.807) is 32.2 Å². The van der Waals surface area contributed by atoms with Gasteiger partial charge in [0.15, 0.2) is 0 Å². The Balaban J connectivity index is 2.06. The molecule has 0 saturated carbocycles. The van der Waals surface area contributed by atoms with Gasteiger partial charge in [-0.25, -0.2) is 4.98 Å². The first-order valence-electron chi connectivity index (χ1n) is 7.78. The highest BCUT2D eigenvalue weighted by atomic mass is 16.5. The predicted molar refractivity (Wildman–Crippen MR) is 92.5 cm³/mol. The van der Waals surface area contributed by atoms with Gasteiger partial charge in [-0.1, -0.05) is 12.1 Å². The van der Waals surface area contributed by atoms with E-state index < -0.39 is 0 Å². The van der Waals surface area contributed by atoms with Gasteiger partial charge >= 0.3 is 0 Å². The Bertz CT molecular complexity index is 748. The molecule has 3 rings (SSSR count). The molecule has 0 bridgehead atoms. The average Bonchev–Trinajstić information content (AvgIpc) is 2.75. The molecule has 1 amide bonds. The minimum Gasteiger partial charge on any atom is -0.382 e. The second-order valence-corrected chi connectivity index (χ2v) is 5.70. The van der Waals surface area contributed by atoms with Crippen LogP contribution >= 0.6 is 0 Å². The minimum absolute atomic E-state index is 0.0207. The molecule has 0 aliphatic carbocycles. The minimum atomic E-state index is -0.183. The average molecular weight is 327 g/mol. The molecule has 1 unspecified atom stereocenters. The largest absolute Gasteiger partial charge is 0.382 e. The molecule has 1 aliphatic rings. The van der Waals surface area contributed by atoms with Crippen LogP contribution in [-0.2, 0) is 20.8 Å². The normalized spacial score (nSPS) is 14.2. The summed E-state index contributed by atoms with van der Waals surface area (Å²) in [6.07, 6.45) is 1.56. The van der Waals surface area contributed by atoms with Gasteiger partial charge in [0.1, 0.15) is 11.9 Å². The zero-order chi connectivity index (χ0) is 17.1. The standard InChI is InChI=1S/C18H21N3O3/c1-12(22)21-10-14-5-4-8-19-18(14)20-15-7-6-13(9-16(15)21)17(24-3)11-23-2/h4-9,17H,10-11H2,1-3H3,(H,19,20). The zero-order valence-corrected chi connectivity index (χ0v) is 14.1. The number of hydrogen-bond acceptors (Lipinski definition) is 5. The van der Waals surface area contributed by atoms with Crippen molar-refractivity contribution in [3.8, 4) is 0 Å². The van der Waals surface area contributed by atoms with E-state index in [0.717, 1.165) is 28.3 Å². The number of carbonyl (C=O) groups excluding carboxylic acids is 1. The fourth-order valence-electron chi connectivity index (χ4n) is 2.87. The molecule has 1 atom stereocenters. The summed E-state index contributed by atoms with van der Waals surface area (Å²) in [7, 11) is 3.29. The Morgan fingerprint density at radius 3 is 2.92 bits per heavy atom. The summed E-state index contributed by atoms with van der Waals surface area (Å²) in [5.74, 6) is 0.753. The maximum Gasteiger partial charge on any atom is 0.224 e. The summed E-state index contributed by atoms with van der Waals surface area (Å²) < 4.78 is 10.7. The van der Waals surface area contributed by atoms with E-state index >= 15 is 0 Å². The smallest absolute Gasteiger partial charge is 0.224 e. The van der Waals surface area contributed by atoms with Crippen LogP contribution in [0.5, 0.6) is 0 Å². The number of fused-ring (bicyclic) bond motifs is 2. The topological polar surface area (TPSA) is 63.7 Å². The molecule has 1 aromatic carbocycles. The number of benzene rings is 1.